The largest absolute Gasteiger partial charge is 0.486 e. The molecular formula is C21H21N3O3S. The standard InChI is InChI=1S/C21H21N3O3S/c1-14-7-9-16(10-8-14)27-12-20-23-15(13-28-20)11-19(25)24-18-6-4-3-5-17(18)21(26)22-2/h3-10,13H,11-12H2,1-2H3,(H,22,26)(H,24,25). The Morgan fingerprint density at radius 3 is 2.61 bits per heavy atom. The number of thiazole rings is 1. The molecule has 0 saturated heterocycles. The molecule has 28 heavy (non-hydrogen) atoms. The molecular weight excluding hydrogens is 374 g/mol. The van der Waals surface area contributed by atoms with Gasteiger partial charge in [-0.1, -0.05) is 29.8 Å². The second-order valence-corrected chi connectivity index (χ2v) is 7.13. The molecule has 0 aliphatic rings. The molecule has 0 aliphatic heterocycles. The number of aryl methyl sites for hydroxylation is 1. The van der Waals surface area contributed by atoms with E-state index in [-0.39, 0.29) is 18.2 Å². The van der Waals surface area contributed by atoms with E-state index in [4.69, 9.17) is 4.74 Å². The van der Waals surface area contributed by atoms with E-state index in [9.17, 15) is 9.59 Å². The van der Waals surface area contributed by atoms with Crippen LogP contribution in [0.4, 0.5) is 5.69 Å². The van der Waals surface area contributed by atoms with Gasteiger partial charge < -0.3 is 15.4 Å². The zero-order valence-electron chi connectivity index (χ0n) is 15.7. The van der Waals surface area contributed by atoms with Crippen LogP contribution in [-0.4, -0.2) is 23.8 Å². The van der Waals surface area contributed by atoms with Crippen molar-refractivity contribution in [3.63, 3.8) is 0 Å². The van der Waals surface area contributed by atoms with Crippen LogP contribution in [0.1, 0.15) is 26.6 Å². The highest BCUT2D eigenvalue weighted by Crippen LogP contribution is 2.18. The van der Waals surface area contributed by atoms with E-state index in [1.165, 1.54) is 16.9 Å². The summed E-state index contributed by atoms with van der Waals surface area (Å²) in [5.41, 5.74) is 2.74. The van der Waals surface area contributed by atoms with Gasteiger partial charge in [-0.15, -0.1) is 11.3 Å². The number of para-hydroxylation sites is 1. The van der Waals surface area contributed by atoms with Crippen molar-refractivity contribution < 1.29 is 14.3 Å². The van der Waals surface area contributed by atoms with Crippen molar-refractivity contribution >= 4 is 28.8 Å². The minimum atomic E-state index is -0.250. The lowest BCUT2D eigenvalue weighted by Crippen LogP contribution is -2.22. The van der Waals surface area contributed by atoms with Gasteiger partial charge in [-0.3, -0.25) is 9.59 Å². The first-order valence-electron chi connectivity index (χ1n) is 8.79. The van der Waals surface area contributed by atoms with Gasteiger partial charge >= 0.3 is 0 Å². The number of benzene rings is 2. The number of hydrogen-bond donors (Lipinski definition) is 2. The fraction of sp³-hybridized carbons (Fsp3) is 0.190. The van der Waals surface area contributed by atoms with Crippen LogP contribution in [0.15, 0.2) is 53.9 Å². The maximum Gasteiger partial charge on any atom is 0.253 e. The van der Waals surface area contributed by atoms with Crippen molar-refractivity contribution in [1.29, 1.82) is 0 Å². The summed E-state index contributed by atoms with van der Waals surface area (Å²) in [6, 6.07) is 14.7. The van der Waals surface area contributed by atoms with Crippen molar-refractivity contribution in [3.05, 3.63) is 75.7 Å². The van der Waals surface area contributed by atoms with Crippen LogP contribution in [0.5, 0.6) is 5.75 Å². The summed E-state index contributed by atoms with van der Waals surface area (Å²) in [5, 5.41) is 7.99. The van der Waals surface area contributed by atoms with Crippen LogP contribution in [0, 0.1) is 6.92 Å². The van der Waals surface area contributed by atoms with Gasteiger partial charge in [-0.05, 0) is 31.2 Å². The first-order valence-corrected chi connectivity index (χ1v) is 9.67. The third-order valence-corrected chi connectivity index (χ3v) is 4.87. The number of aromatic nitrogens is 1. The predicted octanol–water partition coefficient (Wildman–Crippen LogP) is 3.57. The SMILES string of the molecule is CNC(=O)c1ccccc1NC(=O)Cc1csc(COc2ccc(C)cc2)n1. The monoisotopic (exact) mass is 395 g/mol. The minimum Gasteiger partial charge on any atom is -0.486 e. The molecule has 2 amide bonds. The van der Waals surface area contributed by atoms with E-state index in [1.54, 1.807) is 31.3 Å². The minimum absolute atomic E-state index is 0.128. The van der Waals surface area contributed by atoms with Crippen LogP contribution in [0.25, 0.3) is 0 Å². The fourth-order valence-electron chi connectivity index (χ4n) is 2.56. The Labute approximate surface area is 167 Å². The Kier molecular flexibility index (Phi) is 6.39. The first-order chi connectivity index (χ1) is 13.5. The molecule has 7 heteroatoms. The molecule has 0 saturated carbocycles. The molecule has 1 heterocycles. The van der Waals surface area contributed by atoms with Crippen molar-refractivity contribution in [2.45, 2.75) is 20.0 Å². The lowest BCUT2D eigenvalue weighted by atomic mass is 10.1. The zero-order chi connectivity index (χ0) is 19.9. The van der Waals surface area contributed by atoms with Crippen molar-refractivity contribution in [1.82, 2.24) is 10.3 Å². The van der Waals surface area contributed by atoms with Gasteiger partial charge in [0.1, 0.15) is 17.4 Å². The summed E-state index contributed by atoms with van der Waals surface area (Å²) in [5.74, 6) is 0.304. The summed E-state index contributed by atoms with van der Waals surface area (Å²) in [4.78, 5) is 28.7. The number of amides is 2. The summed E-state index contributed by atoms with van der Waals surface area (Å²) >= 11 is 1.45. The predicted molar refractivity (Wildman–Crippen MR) is 110 cm³/mol. The Morgan fingerprint density at radius 2 is 1.86 bits per heavy atom. The van der Waals surface area contributed by atoms with Gasteiger partial charge in [0.05, 0.1) is 23.4 Å². The molecule has 2 aromatic carbocycles. The van der Waals surface area contributed by atoms with E-state index in [1.807, 2.05) is 36.6 Å². The number of nitrogens with one attached hydrogen (secondary N) is 2. The molecule has 0 atom stereocenters. The third-order valence-electron chi connectivity index (χ3n) is 4.00. The van der Waals surface area contributed by atoms with Gasteiger partial charge in [-0.2, -0.15) is 0 Å². The smallest absolute Gasteiger partial charge is 0.253 e. The maximum atomic E-state index is 12.4. The quantitative estimate of drug-likeness (QED) is 0.641. The van der Waals surface area contributed by atoms with Crippen LogP contribution < -0.4 is 15.4 Å². The molecule has 3 rings (SSSR count). The summed E-state index contributed by atoms with van der Waals surface area (Å²) in [6.45, 7) is 2.38. The van der Waals surface area contributed by atoms with Gasteiger partial charge in [0.2, 0.25) is 5.91 Å². The molecule has 0 aliphatic carbocycles. The molecule has 0 spiro atoms. The number of carbonyl (C=O) groups is 2. The van der Waals surface area contributed by atoms with Crippen LogP contribution in [-0.2, 0) is 17.8 Å². The lowest BCUT2D eigenvalue weighted by Gasteiger charge is -2.09. The van der Waals surface area contributed by atoms with Crippen molar-refractivity contribution in [2.75, 3.05) is 12.4 Å². The van der Waals surface area contributed by atoms with E-state index < -0.39 is 0 Å². The fourth-order valence-corrected chi connectivity index (χ4v) is 3.26. The Balaban J connectivity index is 1.57. The third kappa shape index (κ3) is 5.17. The zero-order valence-corrected chi connectivity index (χ0v) is 16.5. The molecule has 6 nitrogen and oxygen atoms in total. The molecule has 2 N–H and O–H groups in total. The highest BCUT2D eigenvalue weighted by molar-refractivity contribution is 7.09. The molecule has 0 unspecified atom stereocenters. The highest BCUT2D eigenvalue weighted by atomic mass is 32.1. The Morgan fingerprint density at radius 1 is 1.11 bits per heavy atom. The molecule has 0 bridgehead atoms. The number of hydrogen-bond acceptors (Lipinski definition) is 5. The van der Waals surface area contributed by atoms with Gasteiger partial charge in [0, 0.05) is 12.4 Å². The summed E-state index contributed by atoms with van der Waals surface area (Å²) in [7, 11) is 1.55. The summed E-state index contributed by atoms with van der Waals surface area (Å²) in [6.07, 6.45) is 0.128. The van der Waals surface area contributed by atoms with E-state index in [0.29, 0.717) is 23.6 Å². The van der Waals surface area contributed by atoms with Gasteiger partial charge in [-0.25, -0.2) is 4.98 Å². The Bertz CT molecular complexity index is 967. The van der Waals surface area contributed by atoms with E-state index in [2.05, 4.69) is 15.6 Å². The molecule has 3 aromatic rings. The molecule has 144 valence electrons. The van der Waals surface area contributed by atoms with E-state index >= 15 is 0 Å². The second-order valence-electron chi connectivity index (χ2n) is 6.18. The number of rotatable bonds is 7. The second kappa shape index (κ2) is 9.14. The lowest BCUT2D eigenvalue weighted by molar-refractivity contribution is -0.115. The maximum absolute atomic E-state index is 12.4. The average Bonchev–Trinajstić information content (AvgIpc) is 3.14. The van der Waals surface area contributed by atoms with Gasteiger partial charge in [0.15, 0.2) is 0 Å². The van der Waals surface area contributed by atoms with Crippen molar-refractivity contribution in [2.24, 2.45) is 0 Å². The molecule has 0 fully saturated rings. The van der Waals surface area contributed by atoms with Crippen LogP contribution in [0.3, 0.4) is 0 Å². The first kappa shape index (κ1) is 19.6. The number of ether oxygens (including phenoxy) is 1. The number of nitrogens with zero attached hydrogens (tertiary/aromatic N) is 1. The summed E-state index contributed by atoms with van der Waals surface area (Å²) < 4.78 is 5.72. The normalized spacial score (nSPS) is 10.4. The molecule has 0 radical (unpaired) electrons. The number of anilines is 1. The van der Waals surface area contributed by atoms with Crippen LogP contribution in [0.2, 0.25) is 0 Å². The topological polar surface area (TPSA) is 80.3 Å². The van der Waals surface area contributed by atoms with Crippen LogP contribution >= 0.6 is 11.3 Å². The Hall–Kier alpha value is -3.19. The average molecular weight is 395 g/mol. The molecule has 1 aromatic heterocycles. The van der Waals surface area contributed by atoms with Crippen molar-refractivity contribution in [3.8, 4) is 5.75 Å². The van der Waals surface area contributed by atoms with Gasteiger partial charge in [0.25, 0.3) is 5.91 Å². The van der Waals surface area contributed by atoms with E-state index in [0.717, 1.165) is 10.8 Å². The number of carbonyl (C=O) groups excluding carboxylic acids is 2. The highest BCUT2D eigenvalue weighted by Gasteiger charge is 2.13.